The molecule has 4 rings (SSSR count). The molecular weight excluding hydrogens is 425 g/mol. The number of carboxylic acids is 1. The quantitative estimate of drug-likeness (QED) is 0.394. The third-order valence-corrected chi connectivity index (χ3v) is 5.28. The number of rotatable bonds is 5. The molecular formula is C23H15Cl2NO4. The van der Waals surface area contributed by atoms with Crippen LogP contribution in [0, 0.1) is 0 Å². The van der Waals surface area contributed by atoms with Crippen LogP contribution >= 0.6 is 23.2 Å². The van der Waals surface area contributed by atoms with Crippen molar-refractivity contribution in [2.45, 2.75) is 0 Å². The van der Waals surface area contributed by atoms with Crippen LogP contribution in [0.3, 0.4) is 0 Å². The fourth-order valence-corrected chi connectivity index (χ4v) is 3.73. The van der Waals surface area contributed by atoms with Gasteiger partial charge in [-0.3, -0.25) is 4.79 Å². The summed E-state index contributed by atoms with van der Waals surface area (Å²) in [5.41, 5.74) is 1.37. The zero-order valence-corrected chi connectivity index (χ0v) is 17.2. The molecule has 0 amide bonds. The van der Waals surface area contributed by atoms with Crippen molar-refractivity contribution in [3.05, 3.63) is 93.6 Å². The summed E-state index contributed by atoms with van der Waals surface area (Å²) in [6, 6.07) is 18.2. The van der Waals surface area contributed by atoms with E-state index in [0.29, 0.717) is 37.9 Å². The molecule has 1 heterocycles. The number of benzene rings is 3. The van der Waals surface area contributed by atoms with Gasteiger partial charge < -0.3 is 14.4 Å². The minimum absolute atomic E-state index is 0.0919. The molecule has 7 heteroatoms. The summed E-state index contributed by atoms with van der Waals surface area (Å²) in [5, 5.41) is 11.5. The number of hydrogen-bond acceptors (Lipinski definition) is 3. The summed E-state index contributed by atoms with van der Waals surface area (Å²) in [6.07, 6.45) is 0. The van der Waals surface area contributed by atoms with E-state index in [4.69, 9.17) is 27.9 Å². The van der Waals surface area contributed by atoms with E-state index >= 15 is 0 Å². The highest BCUT2D eigenvalue weighted by molar-refractivity contribution is 6.32. The molecule has 0 aliphatic carbocycles. The maximum Gasteiger partial charge on any atom is 0.353 e. The van der Waals surface area contributed by atoms with Crippen LogP contribution in [0.25, 0.3) is 16.6 Å². The van der Waals surface area contributed by atoms with Crippen LogP contribution < -0.4 is 4.74 Å². The molecule has 3 aromatic carbocycles. The lowest BCUT2D eigenvalue weighted by molar-refractivity contribution is 0.0684. The second kappa shape index (κ2) is 7.86. The van der Waals surface area contributed by atoms with Crippen molar-refractivity contribution in [2.24, 2.45) is 0 Å². The third kappa shape index (κ3) is 3.43. The normalized spacial score (nSPS) is 10.9. The van der Waals surface area contributed by atoms with Gasteiger partial charge in [0.15, 0.2) is 5.78 Å². The van der Waals surface area contributed by atoms with Crippen molar-refractivity contribution in [3.8, 4) is 11.4 Å². The van der Waals surface area contributed by atoms with Crippen molar-refractivity contribution in [2.75, 3.05) is 7.11 Å². The molecule has 5 nitrogen and oxygen atoms in total. The maximum atomic E-state index is 13.4. The number of aromatic nitrogens is 1. The number of ketones is 1. The summed E-state index contributed by atoms with van der Waals surface area (Å²) < 4.78 is 6.65. The number of halogens is 2. The molecule has 0 saturated carbocycles. The first-order valence-corrected chi connectivity index (χ1v) is 9.68. The molecule has 0 radical (unpaired) electrons. The Morgan fingerprint density at radius 2 is 1.53 bits per heavy atom. The number of fused-ring (bicyclic) bond motifs is 1. The molecule has 150 valence electrons. The van der Waals surface area contributed by atoms with Gasteiger partial charge in [0.25, 0.3) is 0 Å². The fourth-order valence-electron chi connectivity index (χ4n) is 3.44. The first-order chi connectivity index (χ1) is 14.4. The summed E-state index contributed by atoms with van der Waals surface area (Å²) >= 11 is 12.2. The largest absolute Gasteiger partial charge is 0.497 e. The molecule has 30 heavy (non-hydrogen) atoms. The molecule has 0 bridgehead atoms. The van der Waals surface area contributed by atoms with Gasteiger partial charge in [0.05, 0.1) is 18.2 Å². The highest BCUT2D eigenvalue weighted by Gasteiger charge is 2.28. The Labute approximate surface area is 182 Å². The number of aromatic carboxylic acids is 1. The number of hydrogen-bond donors (Lipinski definition) is 1. The predicted molar refractivity (Wildman–Crippen MR) is 117 cm³/mol. The zero-order chi connectivity index (χ0) is 21.4. The molecule has 0 aliphatic rings. The van der Waals surface area contributed by atoms with E-state index in [1.807, 2.05) is 0 Å². The Morgan fingerprint density at radius 1 is 0.900 bits per heavy atom. The number of methoxy groups -OCH3 is 1. The SMILES string of the molecule is COc1ccc(C(=O)c2c(C(=O)O)n(-c3ccc(Cl)cc3)c3cc(Cl)ccc23)cc1. The van der Waals surface area contributed by atoms with Crippen molar-refractivity contribution in [1.82, 2.24) is 4.57 Å². The summed E-state index contributed by atoms with van der Waals surface area (Å²) in [4.78, 5) is 25.7. The van der Waals surface area contributed by atoms with Crippen LogP contribution in [0.4, 0.5) is 0 Å². The molecule has 0 spiro atoms. The van der Waals surface area contributed by atoms with Crippen LogP contribution in [0.1, 0.15) is 26.4 Å². The lowest BCUT2D eigenvalue weighted by atomic mass is 10.00. The van der Waals surface area contributed by atoms with E-state index in [2.05, 4.69) is 0 Å². The Morgan fingerprint density at radius 3 is 2.13 bits per heavy atom. The molecule has 0 unspecified atom stereocenters. The Hall–Kier alpha value is -3.28. The Kier molecular flexibility index (Phi) is 5.24. The van der Waals surface area contributed by atoms with Gasteiger partial charge in [-0.15, -0.1) is 0 Å². The van der Waals surface area contributed by atoms with E-state index in [1.54, 1.807) is 66.7 Å². The highest BCUT2D eigenvalue weighted by atomic mass is 35.5. The average molecular weight is 440 g/mol. The second-order valence-corrected chi connectivity index (χ2v) is 7.43. The minimum Gasteiger partial charge on any atom is -0.497 e. The zero-order valence-electron chi connectivity index (χ0n) is 15.7. The average Bonchev–Trinajstić information content (AvgIpc) is 3.08. The van der Waals surface area contributed by atoms with Crippen molar-refractivity contribution >= 4 is 45.9 Å². The van der Waals surface area contributed by atoms with Crippen LogP contribution in [0.15, 0.2) is 66.7 Å². The standard InChI is InChI=1S/C23H15Cl2NO4/c1-30-17-9-2-13(3-10-17)22(27)20-18-11-6-15(25)12-19(18)26(21(20)23(28)29)16-7-4-14(24)5-8-16/h2-12H,1H3,(H,28,29). The van der Waals surface area contributed by atoms with Crippen molar-refractivity contribution in [1.29, 1.82) is 0 Å². The first-order valence-electron chi connectivity index (χ1n) is 8.92. The number of carbonyl (C=O) groups is 2. The number of ether oxygens (including phenoxy) is 1. The van der Waals surface area contributed by atoms with Gasteiger partial charge in [0.1, 0.15) is 11.4 Å². The van der Waals surface area contributed by atoms with E-state index in [-0.39, 0.29) is 11.3 Å². The monoisotopic (exact) mass is 439 g/mol. The van der Waals surface area contributed by atoms with Crippen molar-refractivity contribution < 1.29 is 19.4 Å². The topological polar surface area (TPSA) is 68.5 Å². The van der Waals surface area contributed by atoms with Gasteiger partial charge in [0, 0.05) is 26.7 Å². The fraction of sp³-hybridized carbons (Fsp3) is 0.0435. The molecule has 4 aromatic rings. The molecule has 0 atom stereocenters. The van der Waals surface area contributed by atoms with Crippen molar-refractivity contribution in [3.63, 3.8) is 0 Å². The van der Waals surface area contributed by atoms with Gasteiger partial charge in [-0.25, -0.2) is 4.79 Å². The Balaban J connectivity index is 2.03. The predicted octanol–water partition coefficient (Wildman–Crippen LogP) is 5.88. The highest BCUT2D eigenvalue weighted by Crippen LogP contribution is 2.34. The van der Waals surface area contributed by atoms with E-state index < -0.39 is 11.8 Å². The molecule has 0 fully saturated rings. The number of carbonyl (C=O) groups excluding carboxylic acids is 1. The third-order valence-electron chi connectivity index (χ3n) is 4.80. The molecule has 1 aromatic heterocycles. The Bertz CT molecular complexity index is 1280. The molecule has 0 aliphatic heterocycles. The van der Waals surface area contributed by atoms with Crippen LogP contribution in [0.2, 0.25) is 10.0 Å². The van der Waals surface area contributed by atoms with E-state index in [0.717, 1.165) is 0 Å². The van der Waals surface area contributed by atoms with Gasteiger partial charge in [-0.2, -0.15) is 0 Å². The number of nitrogens with zero attached hydrogens (tertiary/aromatic N) is 1. The maximum absolute atomic E-state index is 13.4. The summed E-state index contributed by atoms with van der Waals surface area (Å²) in [7, 11) is 1.53. The van der Waals surface area contributed by atoms with E-state index in [9.17, 15) is 14.7 Å². The molecule has 0 saturated heterocycles. The smallest absolute Gasteiger partial charge is 0.353 e. The summed E-state index contributed by atoms with van der Waals surface area (Å²) in [5.74, 6) is -1.04. The van der Waals surface area contributed by atoms with Crippen LogP contribution in [0.5, 0.6) is 5.75 Å². The minimum atomic E-state index is -1.23. The summed E-state index contributed by atoms with van der Waals surface area (Å²) in [6.45, 7) is 0. The molecule has 1 N–H and O–H groups in total. The second-order valence-electron chi connectivity index (χ2n) is 6.56. The van der Waals surface area contributed by atoms with Crippen LogP contribution in [-0.4, -0.2) is 28.5 Å². The number of carboxylic acid groups (broad SMARTS) is 1. The van der Waals surface area contributed by atoms with Gasteiger partial charge in [-0.1, -0.05) is 29.3 Å². The van der Waals surface area contributed by atoms with E-state index in [1.165, 1.54) is 11.7 Å². The lowest BCUT2D eigenvalue weighted by Crippen LogP contribution is -2.13. The van der Waals surface area contributed by atoms with Gasteiger partial charge in [-0.05, 0) is 60.7 Å². The van der Waals surface area contributed by atoms with Gasteiger partial charge >= 0.3 is 5.97 Å². The lowest BCUT2D eigenvalue weighted by Gasteiger charge is -2.09. The first kappa shape index (κ1) is 20.0. The van der Waals surface area contributed by atoms with Gasteiger partial charge in [0.2, 0.25) is 0 Å². The van der Waals surface area contributed by atoms with Crippen LogP contribution in [-0.2, 0) is 0 Å².